The van der Waals surface area contributed by atoms with Gasteiger partial charge in [-0.3, -0.25) is 0 Å². The van der Waals surface area contributed by atoms with Crippen molar-refractivity contribution in [3.63, 3.8) is 0 Å². The number of carbonyl (C=O) groups is 1. The first kappa shape index (κ1) is 15.6. The SMILES string of the molecule is CC(C)(C)OC(=O)N1CCC(CC2(N)CCCC2)CC1. The van der Waals surface area contributed by atoms with Crippen molar-refractivity contribution < 1.29 is 9.53 Å². The van der Waals surface area contributed by atoms with Gasteiger partial charge in [0.25, 0.3) is 0 Å². The lowest BCUT2D eigenvalue weighted by atomic mass is 9.82. The highest BCUT2D eigenvalue weighted by Gasteiger charge is 2.34. The van der Waals surface area contributed by atoms with E-state index in [2.05, 4.69) is 0 Å². The zero-order valence-corrected chi connectivity index (χ0v) is 13.3. The number of ether oxygens (including phenoxy) is 1. The highest BCUT2D eigenvalue weighted by molar-refractivity contribution is 5.68. The van der Waals surface area contributed by atoms with E-state index in [-0.39, 0.29) is 11.6 Å². The summed E-state index contributed by atoms with van der Waals surface area (Å²) in [7, 11) is 0. The summed E-state index contributed by atoms with van der Waals surface area (Å²) in [6.45, 7) is 7.37. The average Bonchev–Trinajstić information content (AvgIpc) is 2.74. The average molecular weight is 282 g/mol. The highest BCUT2D eigenvalue weighted by Crippen LogP contribution is 2.35. The van der Waals surface area contributed by atoms with Crippen molar-refractivity contribution >= 4 is 6.09 Å². The Bertz CT molecular complexity index is 335. The largest absolute Gasteiger partial charge is 0.444 e. The third-order valence-electron chi connectivity index (χ3n) is 4.56. The summed E-state index contributed by atoms with van der Waals surface area (Å²) < 4.78 is 5.43. The van der Waals surface area contributed by atoms with Crippen molar-refractivity contribution in [2.75, 3.05) is 13.1 Å². The van der Waals surface area contributed by atoms with Crippen molar-refractivity contribution in [2.24, 2.45) is 11.7 Å². The van der Waals surface area contributed by atoms with Crippen LogP contribution in [0.3, 0.4) is 0 Å². The van der Waals surface area contributed by atoms with Crippen LogP contribution in [-0.4, -0.2) is 35.2 Å². The number of nitrogens with zero attached hydrogens (tertiary/aromatic N) is 1. The molecule has 0 radical (unpaired) electrons. The molecule has 1 aliphatic carbocycles. The zero-order valence-electron chi connectivity index (χ0n) is 13.3. The number of likely N-dealkylation sites (tertiary alicyclic amines) is 1. The molecule has 116 valence electrons. The van der Waals surface area contributed by atoms with Crippen LogP contribution in [0.5, 0.6) is 0 Å². The number of hydrogen-bond donors (Lipinski definition) is 1. The van der Waals surface area contributed by atoms with Gasteiger partial charge >= 0.3 is 6.09 Å². The molecule has 0 aromatic rings. The van der Waals surface area contributed by atoms with Crippen LogP contribution in [0.25, 0.3) is 0 Å². The molecule has 2 rings (SSSR count). The van der Waals surface area contributed by atoms with Gasteiger partial charge in [0.05, 0.1) is 0 Å². The number of hydrogen-bond acceptors (Lipinski definition) is 3. The Morgan fingerprint density at radius 1 is 1.25 bits per heavy atom. The molecule has 0 atom stereocenters. The van der Waals surface area contributed by atoms with Crippen molar-refractivity contribution in [3.8, 4) is 0 Å². The number of nitrogens with two attached hydrogens (primary N) is 1. The molecule has 0 bridgehead atoms. The lowest BCUT2D eigenvalue weighted by molar-refractivity contribution is 0.0173. The summed E-state index contributed by atoms with van der Waals surface area (Å²) >= 11 is 0. The standard InChI is InChI=1S/C16H30N2O2/c1-15(2,3)20-14(19)18-10-6-13(7-11-18)12-16(17)8-4-5-9-16/h13H,4-12,17H2,1-3H3. The van der Waals surface area contributed by atoms with Crippen molar-refractivity contribution in [1.29, 1.82) is 0 Å². The smallest absolute Gasteiger partial charge is 0.410 e. The van der Waals surface area contributed by atoms with Crippen LogP contribution < -0.4 is 5.73 Å². The van der Waals surface area contributed by atoms with Gasteiger partial charge in [0, 0.05) is 18.6 Å². The maximum absolute atomic E-state index is 12.0. The van der Waals surface area contributed by atoms with Gasteiger partial charge in [0.2, 0.25) is 0 Å². The molecule has 4 nitrogen and oxygen atoms in total. The van der Waals surface area contributed by atoms with Crippen LogP contribution in [0.15, 0.2) is 0 Å². The van der Waals surface area contributed by atoms with Crippen molar-refractivity contribution in [1.82, 2.24) is 4.90 Å². The van der Waals surface area contributed by atoms with E-state index in [0.717, 1.165) is 32.4 Å². The van der Waals surface area contributed by atoms with Crippen LogP contribution in [0.4, 0.5) is 4.79 Å². The highest BCUT2D eigenvalue weighted by atomic mass is 16.6. The number of amides is 1. The molecule has 1 aliphatic heterocycles. The Labute approximate surface area is 123 Å². The second-order valence-electron chi connectivity index (χ2n) is 7.68. The van der Waals surface area contributed by atoms with Crippen LogP contribution in [0, 0.1) is 5.92 Å². The van der Waals surface area contributed by atoms with Gasteiger partial charge in [0.15, 0.2) is 0 Å². The van der Waals surface area contributed by atoms with Gasteiger partial charge in [0.1, 0.15) is 5.60 Å². The van der Waals surface area contributed by atoms with Crippen LogP contribution in [0.1, 0.15) is 65.7 Å². The van der Waals surface area contributed by atoms with Crippen LogP contribution >= 0.6 is 0 Å². The maximum Gasteiger partial charge on any atom is 0.410 e. The summed E-state index contributed by atoms with van der Waals surface area (Å²) in [5.74, 6) is 0.678. The first-order valence-electron chi connectivity index (χ1n) is 8.04. The Hall–Kier alpha value is -0.770. The van der Waals surface area contributed by atoms with E-state index in [0.29, 0.717) is 5.92 Å². The summed E-state index contributed by atoms with van der Waals surface area (Å²) in [5, 5.41) is 0. The predicted octanol–water partition coefficient (Wildman–Crippen LogP) is 3.30. The molecule has 1 heterocycles. The molecular formula is C16H30N2O2. The molecule has 4 heteroatoms. The monoisotopic (exact) mass is 282 g/mol. The Morgan fingerprint density at radius 2 is 1.80 bits per heavy atom. The molecule has 1 saturated heterocycles. The summed E-state index contributed by atoms with van der Waals surface area (Å²) in [4.78, 5) is 13.9. The minimum absolute atomic E-state index is 0.0821. The Balaban J connectivity index is 1.76. The second kappa shape index (κ2) is 5.92. The Morgan fingerprint density at radius 3 is 2.30 bits per heavy atom. The van der Waals surface area contributed by atoms with Crippen molar-refractivity contribution in [3.05, 3.63) is 0 Å². The summed E-state index contributed by atoms with van der Waals surface area (Å²) in [6.07, 6.45) is 8.03. The minimum atomic E-state index is -0.404. The number of carbonyl (C=O) groups excluding carboxylic acids is 1. The minimum Gasteiger partial charge on any atom is -0.444 e. The topological polar surface area (TPSA) is 55.6 Å². The zero-order chi connectivity index (χ0) is 14.8. The molecule has 2 aliphatic rings. The summed E-state index contributed by atoms with van der Waals surface area (Å²) in [6, 6.07) is 0. The molecule has 2 N–H and O–H groups in total. The molecule has 0 aromatic carbocycles. The van der Waals surface area contributed by atoms with E-state index < -0.39 is 5.60 Å². The first-order chi connectivity index (χ1) is 9.27. The van der Waals surface area contributed by atoms with Gasteiger partial charge < -0.3 is 15.4 Å². The van der Waals surface area contributed by atoms with Gasteiger partial charge in [-0.05, 0) is 58.8 Å². The fraction of sp³-hybridized carbons (Fsp3) is 0.938. The third kappa shape index (κ3) is 4.37. The fourth-order valence-electron chi connectivity index (χ4n) is 3.50. The normalized spacial score (nSPS) is 23.9. The molecule has 2 fully saturated rings. The van der Waals surface area contributed by atoms with Gasteiger partial charge in [-0.15, -0.1) is 0 Å². The molecule has 0 unspecified atom stereocenters. The van der Waals surface area contributed by atoms with E-state index in [1.165, 1.54) is 25.7 Å². The quantitative estimate of drug-likeness (QED) is 0.845. The Kier molecular flexibility index (Phi) is 4.62. The lowest BCUT2D eigenvalue weighted by Gasteiger charge is -2.36. The van der Waals surface area contributed by atoms with E-state index in [1.54, 1.807) is 0 Å². The number of piperidine rings is 1. The molecule has 1 saturated carbocycles. The van der Waals surface area contributed by atoms with Crippen molar-refractivity contribution in [2.45, 2.75) is 76.9 Å². The van der Waals surface area contributed by atoms with E-state index >= 15 is 0 Å². The van der Waals surface area contributed by atoms with Gasteiger partial charge in [-0.1, -0.05) is 12.8 Å². The van der Waals surface area contributed by atoms with Gasteiger partial charge in [-0.25, -0.2) is 4.79 Å². The molecule has 1 amide bonds. The fourth-order valence-corrected chi connectivity index (χ4v) is 3.50. The molecular weight excluding hydrogens is 252 g/mol. The van der Waals surface area contributed by atoms with Crippen LogP contribution in [-0.2, 0) is 4.74 Å². The maximum atomic E-state index is 12.0. The molecule has 20 heavy (non-hydrogen) atoms. The molecule has 0 aromatic heterocycles. The van der Waals surface area contributed by atoms with Gasteiger partial charge in [-0.2, -0.15) is 0 Å². The van der Waals surface area contributed by atoms with E-state index in [1.807, 2.05) is 25.7 Å². The first-order valence-corrected chi connectivity index (χ1v) is 8.04. The third-order valence-corrected chi connectivity index (χ3v) is 4.56. The van der Waals surface area contributed by atoms with E-state index in [9.17, 15) is 4.79 Å². The second-order valence-corrected chi connectivity index (χ2v) is 7.68. The summed E-state index contributed by atoms with van der Waals surface area (Å²) in [5.41, 5.74) is 6.14. The predicted molar refractivity (Wildman–Crippen MR) is 80.5 cm³/mol. The number of rotatable bonds is 2. The molecule has 0 spiro atoms. The van der Waals surface area contributed by atoms with Crippen LogP contribution in [0.2, 0.25) is 0 Å². The van der Waals surface area contributed by atoms with E-state index in [4.69, 9.17) is 10.5 Å². The lowest BCUT2D eigenvalue weighted by Crippen LogP contribution is -2.44.